The molecule has 0 spiro atoms. The average molecular weight is 355 g/mol. The summed E-state index contributed by atoms with van der Waals surface area (Å²) in [5.41, 5.74) is 2.10. The third kappa shape index (κ3) is 4.08. The number of carbonyl (C=O) groups is 1. The van der Waals surface area contributed by atoms with Crippen molar-refractivity contribution in [1.82, 2.24) is 15.0 Å². The van der Waals surface area contributed by atoms with E-state index in [0.717, 1.165) is 27.4 Å². The molecule has 106 valence electrons. The quantitative estimate of drug-likeness (QED) is 0.809. The van der Waals surface area contributed by atoms with Gasteiger partial charge in [-0.25, -0.2) is 9.97 Å². The van der Waals surface area contributed by atoms with Crippen LogP contribution in [0.25, 0.3) is 0 Å². The molecule has 0 aliphatic carbocycles. The largest absolute Gasteiger partial charge is 0.337 e. The van der Waals surface area contributed by atoms with Gasteiger partial charge in [-0.05, 0) is 41.4 Å². The highest BCUT2D eigenvalue weighted by atomic mass is 79.9. The summed E-state index contributed by atoms with van der Waals surface area (Å²) in [6, 6.07) is 3.58. The molecular formula is C13H15BrN4OS. The van der Waals surface area contributed by atoms with Gasteiger partial charge in [0.2, 0.25) is 5.91 Å². The van der Waals surface area contributed by atoms with Gasteiger partial charge >= 0.3 is 0 Å². The van der Waals surface area contributed by atoms with Crippen LogP contribution in [0.4, 0.5) is 5.82 Å². The first-order valence-corrected chi connectivity index (χ1v) is 7.96. The molecule has 0 aromatic carbocycles. The topological polar surface area (TPSA) is 70.7 Å². The average Bonchev–Trinajstić information content (AvgIpc) is 2.79. The van der Waals surface area contributed by atoms with Crippen LogP contribution in [0.1, 0.15) is 18.3 Å². The van der Waals surface area contributed by atoms with E-state index in [1.807, 2.05) is 13.0 Å². The predicted octanol–water partition coefficient (Wildman–Crippen LogP) is 3.17. The van der Waals surface area contributed by atoms with E-state index >= 15 is 0 Å². The SMILES string of the molecule is CCc1nc(SCC(=O)Nc2ccc(Br)cn2)[nH]c1C. The number of H-pyrrole nitrogens is 1. The zero-order valence-electron chi connectivity index (χ0n) is 11.2. The van der Waals surface area contributed by atoms with Gasteiger partial charge in [-0.15, -0.1) is 0 Å². The number of pyridine rings is 1. The van der Waals surface area contributed by atoms with Crippen molar-refractivity contribution in [3.8, 4) is 0 Å². The fourth-order valence-electron chi connectivity index (χ4n) is 1.64. The number of anilines is 1. The molecule has 7 heteroatoms. The lowest BCUT2D eigenvalue weighted by molar-refractivity contribution is -0.113. The summed E-state index contributed by atoms with van der Waals surface area (Å²) in [6.45, 7) is 4.05. The van der Waals surface area contributed by atoms with Crippen molar-refractivity contribution >= 4 is 39.4 Å². The summed E-state index contributed by atoms with van der Waals surface area (Å²) in [5, 5.41) is 3.52. The summed E-state index contributed by atoms with van der Waals surface area (Å²) < 4.78 is 0.878. The summed E-state index contributed by atoms with van der Waals surface area (Å²) in [6.07, 6.45) is 2.53. The molecule has 0 saturated carbocycles. The number of nitrogens with zero attached hydrogens (tertiary/aromatic N) is 2. The number of imidazole rings is 1. The smallest absolute Gasteiger partial charge is 0.236 e. The molecule has 0 aliphatic heterocycles. The molecule has 2 N–H and O–H groups in total. The summed E-state index contributed by atoms with van der Waals surface area (Å²) in [4.78, 5) is 23.5. The molecule has 0 bridgehead atoms. The van der Waals surface area contributed by atoms with Crippen LogP contribution in [-0.4, -0.2) is 26.6 Å². The van der Waals surface area contributed by atoms with Gasteiger partial charge in [0.05, 0.1) is 11.4 Å². The van der Waals surface area contributed by atoms with E-state index in [0.29, 0.717) is 11.6 Å². The fourth-order valence-corrected chi connectivity index (χ4v) is 2.62. The van der Waals surface area contributed by atoms with Gasteiger partial charge in [-0.3, -0.25) is 4.79 Å². The zero-order valence-corrected chi connectivity index (χ0v) is 13.6. The monoisotopic (exact) mass is 354 g/mol. The highest BCUT2D eigenvalue weighted by molar-refractivity contribution is 9.10. The third-order valence-corrected chi connectivity index (χ3v) is 3.98. The summed E-state index contributed by atoms with van der Waals surface area (Å²) in [5.74, 6) is 0.744. The van der Waals surface area contributed by atoms with Crippen LogP contribution in [0.3, 0.4) is 0 Å². The van der Waals surface area contributed by atoms with Crippen molar-refractivity contribution < 1.29 is 4.79 Å². The number of carbonyl (C=O) groups excluding carboxylic acids is 1. The van der Waals surface area contributed by atoms with Crippen LogP contribution >= 0.6 is 27.7 Å². The molecule has 2 aromatic heterocycles. The van der Waals surface area contributed by atoms with E-state index in [1.54, 1.807) is 12.3 Å². The number of aromatic nitrogens is 3. The molecule has 1 amide bonds. The first-order chi connectivity index (χ1) is 9.58. The van der Waals surface area contributed by atoms with Gasteiger partial charge in [0.25, 0.3) is 0 Å². The van der Waals surface area contributed by atoms with Crippen molar-refractivity contribution in [1.29, 1.82) is 0 Å². The maximum atomic E-state index is 11.8. The lowest BCUT2D eigenvalue weighted by Gasteiger charge is -2.03. The molecule has 2 aromatic rings. The zero-order chi connectivity index (χ0) is 14.5. The Balaban J connectivity index is 1.87. The Morgan fingerprint density at radius 1 is 1.50 bits per heavy atom. The van der Waals surface area contributed by atoms with Gasteiger partial charge in [0.1, 0.15) is 5.82 Å². The fraction of sp³-hybridized carbons (Fsp3) is 0.308. The summed E-state index contributed by atoms with van der Waals surface area (Å²) >= 11 is 4.68. The Hall–Kier alpha value is -1.34. The molecule has 0 atom stereocenters. The maximum Gasteiger partial charge on any atom is 0.236 e. The Morgan fingerprint density at radius 2 is 2.30 bits per heavy atom. The Labute approximate surface area is 130 Å². The number of halogens is 1. The standard InChI is InChI=1S/C13H15BrN4OS/c1-3-10-8(2)16-13(17-10)20-7-12(19)18-11-5-4-9(14)6-15-11/h4-6H,3,7H2,1-2H3,(H,16,17)(H,15,18,19). The van der Waals surface area contributed by atoms with Gasteiger partial charge < -0.3 is 10.3 Å². The summed E-state index contributed by atoms with van der Waals surface area (Å²) in [7, 11) is 0. The van der Waals surface area contributed by atoms with Crippen LogP contribution in [0.2, 0.25) is 0 Å². The second kappa shape index (κ2) is 6.90. The van der Waals surface area contributed by atoms with Gasteiger partial charge in [0.15, 0.2) is 5.16 Å². The molecule has 20 heavy (non-hydrogen) atoms. The van der Waals surface area contributed by atoms with Gasteiger partial charge in [0, 0.05) is 16.4 Å². The second-order valence-corrected chi connectivity index (χ2v) is 6.05. The van der Waals surface area contributed by atoms with Gasteiger partial charge in [-0.1, -0.05) is 18.7 Å². The van der Waals surface area contributed by atoms with Gasteiger partial charge in [-0.2, -0.15) is 0 Å². The number of hydrogen-bond donors (Lipinski definition) is 2. The van der Waals surface area contributed by atoms with Crippen molar-refractivity contribution in [3.05, 3.63) is 34.2 Å². The van der Waals surface area contributed by atoms with E-state index < -0.39 is 0 Å². The molecular weight excluding hydrogens is 340 g/mol. The molecule has 0 fully saturated rings. The first kappa shape index (κ1) is 15.1. The Bertz CT molecular complexity index is 597. The molecule has 2 heterocycles. The number of rotatable bonds is 5. The van der Waals surface area contributed by atoms with Crippen LogP contribution in [0.5, 0.6) is 0 Å². The normalized spacial score (nSPS) is 10.6. The van der Waals surface area contributed by atoms with E-state index in [1.165, 1.54) is 11.8 Å². The maximum absolute atomic E-state index is 11.8. The number of aromatic amines is 1. The minimum absolute atomic E-state index is 0.100. The molecule has 0 radical (unpaired) electrons. The Kier molecular flexibility index (Phi) is 5.19. The minimum atomic E-state index is -0.100. The number of amides is 1. The highest BCUT2D eigenvalue weighted by Crippen LogP contribution is 2.17. The molecule has 0 aliphatic rings. The third-order valence-electron chi connectivity index (χ3n) is 2.63. The number of nitrogens with one attached hydrogen (secondary N) is 2. The van der Waals surface area contributed by atoms with Crippen LogP contribution < -0.4 is 5.32 Å². The predicted molar refractivity (Wildman–Crippen MR) is 84.0 cm³/mol. The number of aryl methyl sites for hydroxylation is 2. The lowest BCUT2D eigenvalue weighted by Crippen LogP contribution is -2.14. The number of thioether (sulfide) groups is 1. The highest BCUT2D eigenvalue weighted by Gasteiger charge is 2.09. The molecule has 2 rings (SSSR count). The van der Waals surface area contributed by atoms with E-state index in [9.17, 15) is 4.79 Å². The number of hydrogen-bond acceptors (Lipinski definition) is 4. The molecule has 0 saturated heterocycles. The first-order valence-electron chi connectivity index (χ1n) is 6.18. The van der Waals surface area contributed by atoms with E-state index in [-0.39, 0.29) is 5.91 Å². The molecule has 0 unspecified atom stereocenters. The van der Waals surface area contributed by atoms with E-state index in [4.69, 9.17) is 0 Å². The van der Waals surface area contributed by atoms with Crippen molar-refractivity contribution in [2.45, 2.75) is 25.4 Å². The van der Waals surface area contributed by atoms with E-state index in [2.05, 4.69) is 43.1 Å². The Morgan fingerprint density at radius 3 is 2.90 bits per heavy atom. The second-order valence-electron chi connectivity index (χ2n) is 4.17. The van der Waals surface area contributed by atoms with Crippen LogP contribution in [0, 0.1) is 6.92 Å². The molecule has 5 nitrogen and oxygen atoms in total. The van der Waals surface area contributed by atoms with Crippen LogP contribution in [0.15, 0.2) is 28.0 Å². The lowest BCUT2D eigenvalue weighted by atomic mass is 10.3. The van der Waals surface area contributed by atoms with Crippen molar-refractivity contribution in [3.63, 3.8) is 0 Å². The van der Waals surface area contributed by atoms with Crippen molar-refractivity contribution in [2.75, 3.05) is 11.1 Å². The van der Waals surface area contributed by atoms with Crippen molar-refractivity contribution in [2.24, 2.45) is 0 Å². The van der Waals surface area contributed by atoms with Crippen LogP contribution in [-0.2, 0) is 11.2 Å². The minimum Gasteiger partial charge on any atom is -0.337 e.